The van der Waals surface area contributed by atoms with Crippen molar-refractivity contribution < 1.29 is 0 Å². The Hall–Kier alpha value is -0.930. The molecule has 0 atom stereocenters. The van der Waals surface area contributed by atoms with Crippen LogP contribution in [0.5, 0.6) is 0 Å². The SMILES string of the molecule is Cc1cccc(C#CCCCl)c1C. The zero-order valence-corrected chi connectivity index (χ0v) is 8.78. The maximum Gasteiger partial charge on any atom is 0.0333 e. The second-order valence-electron chi connectivity index (χ2n) is 2.99. The van der Waals surface area contributed by atoms with Crippen molar-refractivity contribution in [2.75, 3.05) is 5.88 Å². The van der Waals surface area contributed by atoms with Gasteiger partial charge in [0.2, 0.25) is 0 Å². The van der Waals surface area contributed by atoms with Gasteiger partial charge in [-0.15, -0.1) is 11.6 Å². The molecule has 1 heteroatoms. The summed E-state index contributed by atoms with van der Waals surface area (Å²) in [6, 6.07) is 6.18. The van der Waals surface area contributed by atoms with Crippen molar-refractivity contribution in [2.45, 2.75) is 20.3 Å². The minimum atomic E-state index is 0.609. The van der Waals surface area contributed by atoms with Crippen molar-refractivity contribution in [3.05, 3.63) is 34.9 Å². The molecular weight excluding hydrogens is 180 g/mol. The predicted octanol–water partition coefficient (Wildman–Crippen LogP) is 3.28. The highest BCUT2D eigenvalue weighted by Crippen LogP contribution is 2.10. The van der Waals surface area contributed by atoms with Crippen molar-refractivity contribution in [2.24, 2.45) is 0 Å². The summed E-state index contributed by atoms with van der Waals surface area (Å²) in [5, 5.41) is 0. The lowest BCUT2D eigenvalue weighted by molar-refractivity contribution is 1.28. The molecule has 0 spiro atoms. The average Bonchev–Trinajstić information content (AvgIpc) is 2.13. The van der Waals surface area contributed by atoms with Gasteiger partial charge < -0.3 is 0 Å². The predicted molar refractivity (Wildman–Crippen MR) is 58.1 cm³/mol. The lowest BCUT2D eigenvalue weighted by Gasteiger charge is -2.00. The van der Waals surface area contributed by atoms with Gasteiger partial charge in [-0.3, -0.25) is 0 Å². The first-order chi connectivity index (χ1) is 6.25. The van der Waals surface area contributed by atoms with Gasteiger partial charge in [0.15, 0.2) is 0 Å². The number of rotatable bonds is 1. The van der Waals surface area contributed by atoms with Crippen LogP contribution >= 0.6 is 11.6 Å². The summed E-state index contributed by atoms with van der Waals surface area (Å²) in [5.41, 5.74) is 3.67. The Bertz CT molecular complexity index is 342. The van der Waals surface area contributed by atoms with Crippen LogP contribution in [0.4, 0.5) is 0 Å². The van der Waals surface area contributed by atoms with Crippen LogP contribution in [0.2, 0.25) is 0 Å². The normalized spacial score (nSPS) is 9.15. The quantitative estimate of drug-likeness (QED) is 0.473. The third-order valence-electron chi connectivity index (χ3n) is 2.05. The summed E-state index contributed by atoms with van der Waals surface area (Å²) in [6.45, 7) is 4.20. The van der Waals surface area contributed by atoms with E-state index in [0.717, 1.165) is 12.0 Å². The van der Waals surface area contributed by atoms with Crippen molar-refractivity contribution in [3.8, 4) is 11.8 Å². The number of hydrogen-bond acceptors (Lipinski definition) is 0. The number of hydrogen-bond donors (Lipinski definition) is 0. The smallest absolute Gasteiger partial charge is 0.0333 e. The van der Waals surface area contributed by atoms with Gasteiger partial charge in [0.25, 0.3) is 0 Å². The Labute approximate surface area is 84.9 Å². The van der Waals surface area contributed by atoms with Crippen LogP contribution in [0.25, 0.3) is 0 Å². The van der Waals surface area contributed by atoms with E-state index in [4.69, 9.17) is 11.6 Å². The fraction of sp³-hybridized carbons (Fsp3) is 0.333. The third kappa shape index (κ3) is 2.79. The summed E-state index contributed by atoms with van der Waals surface area (Å²) in [6.07, 6.45) is 0.759. The topological polar surface area (TPSA) is 0 Å². The summed E-state index contributed by atoms with van der Waals surface area (Å²) in [5.74, 6) is 6.77. The summed E-state index contributed by atoms with van der Waals surface area (Å²) in [4.78, 5) is 0. The zero-order valence-electron chi connectivity index (χ0n) is 8.02. The highest BCUT2D eigenvalue weighted by molar-refractivity contribution is 6.18. The molecule has 0 saturated carbocycles. The number of benzene rings is 1. The first-order valence-corrected chi connectivity index (χ1v) is 4.90. The van der Waals surface area contributed by atoms with Crippen molar-refractivity contribution in [3.63, 3.8) is 0 Å². The molecule has 0 nitrogen and oxygen atoms in total. The molecule has 0 N–H and O–H groups in total. The Morgan fingerprint density at radius 2 is 2.08 bits per heavy atom. The van der Waals surface area contributed by atoms with Crippen LogP contribution in [0.1, 0.15) is 23.1 Å². The lowest BCUT2D eigenvalue weighted by atomic mass is 10.0. The van der Waals surface area contributed by atoms with E-state index < -0.39 is 0 Å². The first kappa shape index (κ1) is 10.2. The number of aryl methyl sites for hydroxylation is 1. The number of alkyl halides is 1. The van der Waals surface area contributed by atoms with Crippen LogP contribution in [0.3, 0.4) is 0 Å². The molecule has 0 radical (unpaired) electrons. The van der Waals surface area contributed by atoms with Gasteiger partial charge in [-0.2, -0.15) is 0 Å². The Morgan fingerprint density at radius 1 is 1.31 bits per heavy atom. The first-order valence-electron chi connectivity index (χ1n) is 4.36. The maximum atomic E-state index is 5.54. The van der Waals surface area contributed by atoms with Gasteiger partial charge in [0, 0.05) is 17.9 Å². The molecule has 1 aromatic rings. The highest BCUT2D eigenvalue weighted by Gasteiger charge is 1.95. The standard InChI is InChI=1S/C12H13Cl/c1-10-6-5-8-12(11(10)2)7-3-4-9-13/h5-6,8H,4,9H2,1-2H3. The molecule has 0 heterocycles. The van der Waals surface area contributed by atoms with E-state index in [0.29, 0.717) is 5.88 Å². The van der Waals surface area contributed by atoms with Crippen LogP contribution in [0.15, 0.2) is 18.2 Å². The molecule has 68 valence electrons. The van der Waals surface area contributed by atoms with Crippen molar-refractivity contribution in [1.82, 2.24) is 0 Å². The van der Waals surface area contributed by atoms with Gasteiger partial charge >= 0.3 is 0 Å². The third-order valence-corrected chi connectivity index (χ3v) is 2.24. The molecule has 0 unspecified atom stereocenters. The molecule has 0 bridgehead atoms. The van der Waals surface area contributed by atoms with E-state index in [-0.39, 0.29) is 0 Å². The minimum Gasteiger partial charge on any atom is -0.126 e. The van der Waals surface area contributed by atoms with E-state index in [9.17, 15) is 0 Å². The fourth-order valence-electron chi connectivity index (χ4n) is 1.09. The second kappa shape index (κ2) is 4.94. The van der Waals surface area contributed by atoms with Crippen LogP contribution in [-0.2, 0) is 0 Å². The van der Waals surface area contributed by atoms with E-state index in [1.165, 1.54) is 11.1 Å². The molecule has 1 aromatic carbocycles. The Kier molecular flexibility index (Phi) is 3.86. The minimum absolute atomic E-state index is 0.609. The van der Waals surface area contributed by atoms with Crippen molar-refractivity contribution >= 4 is 11.6 Å². The molecule has 0 aliphatic carbocycles. The largest absolute Gasteiger partial charge is 0.126 e. The lowest BCUT2D eigenvalue weighted by Crippen LogP contribution is -1.85. The Morgan fingerprint density at radius 3 is 2.77 bits per heavy atom. The molecule has 0 fully saturated rings. The molecule has 0 amide bonds. The molecule has 0 aliphatic rings. The van der Waals surface area contributed by atoms with Gasteiger partial charge in [0.05, 0.1) is 0 Å². The van der Waals surface area contributed by atoms with Gasteiger partial charge in [-0.25, -0.2) is 0 Å². The van der Waals surface area contributed by atoms with Gasteiger partial charge in [0.1, 0.15) is 0 Å². The Balaban J connectivity index is 2.91. The summed E-state index contributed by atoms with van der Waals surface area (Å²) >= 11 is 5.54. The molecule has 0 aromatic heterocycles. The second-order valence-corrected chi connectivity index (χ2v) is 3.37. The molecule has 13 heavy (non-hydrogen) atoms. The maximum absolute atomic E-state index is 5.54. The van der Waals surface area contributed by atoms with Crippen LogP contribution in [-0.4, -0.2) is 5.88 Å². The highest BCUT2D eigenvalue weighted by atomic mass is 35.5. The average molecular weight is 193 g/mol. The van der Waals surface area contributed by atoms with Crippen LogP contribution < -0.4 is 0 Å². The van der Waals surface area contributed by atoms with Crippen molar-refractivity contribution in [1.29, 1.82) is 0 Å². The van der Waals surface area contributed by atoms with E-state index >= 15 is 0 Å². The molecular formula is C12H13Cl. The zero-order chi connectivity index (χ0) is 9.68. The van der Waals surface area contributed by atoms with Gasteiger partial charge in [-0.1, -0.05) is 24.0 Å². The van der Waals surface area contributed by atoms with E-state index in [1.54, 1.807) is 0 Å². The monoisotopic (exact) mass is 192 g/mol. The van der Waals surface area contributed by atoms with E-state index in [2.05, 4.69) is 31.8 Å². The molecule has 1 rings (SSSR count). The van der Waals surface area contributed by atoms with E-state index in [1.807, 2.05) is 12.1 Å². The fourth-order valence-corrected chi connectivity index (χ4v) is 1.19. The molecule has 0 aliphatic heterocycles. The summed E-state index contributed by atoms with van der Waals surface area (Å²) in [7, 11) is 0. The van der Waals surface area contributed by atoms with Gasteiger partial charge in [-0.05, 0) is 31.0 Å². The molecule has 0 saturated heterocycles. The number of halogens is 1. The van der Waals surface area contributed by atoms with Crippen LogP contribution in [0, 0.1) is 25.7 Å². The summed E-state index contributed by atoms with van der Waals surface area (Å²) < 4.78 is 0.